The van der Waals surface area contributed by atoms with Crippen LogP contribution in [-0.2, 0) is 0 Å². The fourth-order valence-corrected chi connectivity index (χ4v) is 3.50. The van der Waals surface area contributed by atoms with E-state index in [-0.39, 0.29) is 18.6 Å². The molecule has 1 saturated heterocycles. The molecule has 0 radical (unpaired) electrons. The van der Waals surface area contributed by atoms with Gasteiger partial charge in [-0.15, -0.1) is 11.8 Å². The maximum absolute atomic E-state index is 12.4. The van der Waals surface area contributed by atoms with E-state index in [9.17, 15) is 4.79 Å². The first kappa shape index (κ1) is 17.7. The van der Waals surface area contributed by atoms with Gasteiger partial charge in [-0.1, -0.05) is 0 Å². The topological polar surface area (TPSA) is 78.4 Å². The number of aliphatic hydroxyl groups excluding tert-OH is 1. The zero-order valence-electron chi connectivity index (χ0n) is 14.0. The van der Waals surface area contributed by atoms with E-state index in [0.717, 1.165) is 36.6 Å². The number of carbonyl (C=O) groups excluding carboxylic acids is 1. The van der Waals surface area contributed by atoms with Crippen LogP contribution in [0, 0.1) is 0 Å². The zero-order chi connectivity index (χ0) is 17.5. The Bertz CT molecular complexity index is 673. The summed E-state index contributed by atoms with van der Waals surface area (Å²) in [6, 6.07) is 7.70. The molecule has 2 aromatic rings. The summed E-state index contributed by atoms with van der Waals surface area (Å²) in [4.78, 5) is 24.1. The second-order valence-corrected chi connectivity index (χ2v) is 7.06. The lowest BCUT2D eigenvalue weighted by Gasteiger charge is -2.32. The second-order valence-electron chi connectivity index (χ2n) is 5.89. The molecule has 6 nitrogen and oxygen atoms in total. The molecule has 2 N–H and O–H groups in total. The van der Waals surface area contributed by atoms with Gasteiger partial charge in [0.2, 0.25) is 0 Å². The number of carbonyl (C=O) groups is 1. The smallest absolute Gasteiger partial charge is 0.251 e. The summed E-state index contributed by atoms with van der Waals surface area (Å²) in [5, 5.41) is 12.0. The Morgan fingerprint density at radius 1 is 1.24 bits per heavy atom. The number of benzene rings is 1. The maximum Gasteiger partial charge on any atom is 0.251 e. The average molecular weight is 358 g/mol. The molecule has 7 heteroatoms. The molecule has 25 heavy (non-hydrogen) atoms. The number of aromatic nitrogens is 2. The van der Waals surface area contributed by atoms with Crippen LogP contribution in [0.15, 0.2) is 47.8 Å². The van der Waals surface area contributed by atoms with Gasteiger partial charge in [-0.25, -0.2) is 4.98 Å². The van der Waals surface area contributed by atoms with Crippen molar-refractivity contribution < 1.29 is 9.90 Å². The van der Waals surface area contributed by atoms with Crippen molar-refractivity contribution in [2.45, 2.75) is 23.8 Å². The van der Waals surface area contributed by atoms with Crippen LogP contribution >= 0.6 is 11.8 Å². The SMILES string of the molecule is O=C(NC1CCN(c2cnccn2)CC1)c1ccc(SCCO)cc1. The summed E-state index contributed by atoms with van der Waals surface area (Å²) >= 11 is 1.58. The fourth-order valence-electron chi connectivity index (χ4n) is 2.84. The van der Waals surface area contributed by atoms with Crippen LogP contribution in [0.5, 0.6) is 0 Å². The Kier molecular flexibility index (Phi) is 6.25. The van der Waals surface area contributed by atoms with Crippen molar-refractivity contribution in [3.63, 3.8) is 0 Å². The van der Waals surface area contributed by atoms with Crippen LogP contribution in [-0.4, -0.2) is 52.5 Å². The van der Waals surface area contributed by atoms with Gasteiger partial charge in [0.15, 0.2) is 0 Å². The predicted octanol–water partition coefficient (Wildman–Crippen LogP) is 1.96. The van der Waals surface area contributed by atoms with Gasteiger partial charge < -0.3 is 15.3 Å². The molecule has 0 atom stereocenters. The third kappa shape index (κ3) is 4.93. The summed E-state index contributed by atoms with van der Waals surface area (Å²) in [7, 11) is 0. The molecule has 1 aliphatic heterocycles. The molecular formula is C18H22N4O2S. The predicted molar refractivity (Wildman–Crippen MR) is 99.0 cm³/mol. The molecule has 1 amide bonds. The van der Waals surface area contributed by atoms with Gasteiger partial charge in [0.1, 0.15) is 5.82 Å². The highest BCUT2D eigenvalue weighted by atomic mass is 32.2. The van der Waals surface area contributed by atoms with Crippen LogP contribution in [0.25, 0.3) is 0 Å². The molecule has 1 aromatic heterocycles. The minimum absolute atomic E-state index is 0.0309. The Morgan fingerprint density at radius 2 is 2.00 bits per heavy atom. The summed E-state index contributed by atoms with van der Waals surface area (Å²) in [5.41, 5.74) is 0.671. The average Bonchev–Trinajstić information content (AvgIpc) is 2.68. The normalized spacial score (nSPS) is 15.2. The number of thioether (sulfide) groups is 1. The molecule has 0 spiro atoms. The molecule has 0 saturated carbocycles. The molecular weight excluding hydrogens is 336 g/mol. The van der Waals surface area contributed by atoms with Crippen LogP contribution in [0.3, 0.4) is 0 Å². The number of aliphatic hydroxyl groups is 1. The van der Waals surface area contributed by atoms with Crippen molar-refractivity contribution in [3.8, 4) is 0 Å². The van der Waals surface area contributed by atoms with Crippen molar-refractivity contribution in [3.05, 3.63) is 48.4 Å². The lowest BCUT2D eigenvalue weighted by molar-refractivity contribution is 0.0931. The minimum Gasteiger partial charge on any atom is -0.396 e. The highest BCUT2D eigenvalue weighted by molar-refractivity contribution is 7.99. The molecule has 1 fully saturated rings. The van der Waals surface area contributed by atoms with Crippen LogP contribution in [0.2, 0.25) is 0 Å². The monoisotopic (exact) mass is 358 g/mol. The second kappa shape index (κ2) is 8.82. The van der Waals surface area contributed by atoms with Crippen molar-refractivity contribution in [2.24, 2.45) is 0 Å². The molecule has 0 bridgehead atoms. The molecule has 1 aliphatic rings. The Balaban J connectivity index is 1.49. The Hall–Kier alpha value is -2.12. The van der Waals surface area contributed by atoms with E-state index in [2.05, 4.69) is 20.2 Å². The molecule has 132 valence electrons. The van der Waals surface area contributed by atoms with Gasteiger partial charge in [-0.3, -0.25) is 9.78 Å². The standard InChI is InChI=1S/C18H22N4O2S/c23-11-12-25-16-3-1-14(2-4-16)18(24)21-15-5-9-22(10-6-15)17-13-19-7-8-20-17/h1-4,7-8,13,15,23H,5-6,9-12H2,(H,21,24). The lowest BCUT2D eigenvalue weighted by Crippen LogP contribution is -2.45. The van der Waals surface area contributed by atoms with Crippen molar-refractivity contribution in [2.75, 3.05) is 30.3 Å². The molecule has 2 heterocycles. The van der Waals surface area contributed by atoms with Crippen LogP contribution in [0.1, 0.15) is 23.2 Å². The van der Waals surface area contributed by atoms with Crippen molar-refractivity contribution >= 4 is 23.5 Å². The first-order valence-corrected chi connectivity index (χ1v) is 9.40. The number of anilines is 1. The number of rotatable bonds is 6. The third-order valence-electron chi connectivity index (χ3n) is 4.18. The van der Waals surface area contributed by atoms with E-state index in [0.29, 0.717) is 11.3 Å². The van der Waals surface area contributed by atoms with Crippen LogP contribution < -0.4 is 10.2 Å². The van der Waals surface area contributed by atoms with E-state index < -0.39 is 0 Å². The largest absolute Gasteiger partial charge is 0.396 e. The van der Waals surface area contributed by atoms with Gasteiger partial charge in [-0.05, 0) is 37.1 Å². The van der Waals surface area contributed by atoms with Crippen LogP contribution in [0.4, 0.5) is 5.82 Å². The zero-order valence-corrected chi connectivity index (χ0v) is 14.8. The first-order valence-electron chi connectivity index (χ1n) is 8.42. The molecule has 0 aliphatic carbocycles. The first-order chi connectivity index (χ1) is 12.3. The maximum atomic E-state index is 12.4. The minimum atomic E-state index is -0.0309. The van der Waals surface area contributed by atoms with Gasteiger partial charge in [-0.2, -0.15) is 0 Å². The van der Waals surface area contributed by atoms with E-state index in [1.54, 1.807) is 30.4 Å². The third-order valence-corrected chi connectivity index (χ3v) is 5.17. The molecule has 3 rings (SSSR count). The quantitative estimate of drug-likeness (QED) is 0.769. The summed E-state index contributed by atoms with van der Waals surface area (Å²) in [6.45, 7) is 1.88. The van der Waals surface area contributed by atoms with E-state index in [1.807, 2.05) is 24.3 Å². The van der Waals surface area contributed by atoms with E-state index in [4.69, 9.17) is 5.11 Å². The summed E-state index contributed by atoms with van der Waals surface area (Å²) in [6.07, 6.45) is 6.94. The number of nitrogens with zero attached hydrogens (tertiary/aromatic N) is 3. The number of hydrogen-bond donors (Lipinski definition) is 2. The summed E-state index contributed by atoms with van der Waals surface area (Å²) < 4.78 is 0. The Labute approximate surface area is 151 Å². The van der Waals surface area contributed by atoms with Crippen molar-refractivity contribution in [1.82, 2.24) is 15.3 Å². The highest BCUT2D eigenvalue weighted by Gasteiger charge is 2.22. The molecule has 0 unspecified atom stereocenters. The lowest BCUT2D eigenvalue weighted by atomic mass is 10.0. The summed E-state index contributed by atoms with van der Waals surface area (Å²) in [5.74, 6) is 1.52. The number of hydrogen-bond acceptors (Lipinski definition) is 6. The van der Waals surface area contributed by atoms with Gasteiger partial charge >= 0.3 is 0 Å². The Morgan fingerprint density at radius 3 is 2.64 bits per heavy atom. The van der Waals surface area contributed by atoms with Gasteiger partial charge in [0.05, 0.1) is 12.8 Å². The van der Waals surface area contributed by atoms with Crippen molar-refractivity contribution in [1.29, 1.82) is 0 Å². The fraction of sp³-hybridized carbons (Fsp3) is 0.389. The number of piperidine rings is 1. The number of amides is 1. The molecule has 1 aromatic carbocycles. The van der Waals surface area contributed by atoms with E-state index in [1.165, 1.54) is 0 Å². The van der Waals surface area contributed by atoms with Gasteiger partial charge in [0, 0.05) is 47.7 Å². The van der Waals surface area contributed by atoms with Gasteiger partial charge in [0.25, 0.3) is 5.91 Å². The van der Waals surface area contributed by atoms with E-state index >= 15 is 0 Å². The highest BCUT2D eigenvalue weighted by Crippen LogP contribution is 2.19. The number of nitrogens with one attached hydrogen (secondary N) is 1.